The van der Waals surface area contributed by atoms with E-state index in [9.17, 15) is 14.7 Å². The molecule has 1 saturated carbocycles. The molecule has 0 saturated heterocycles. The van der Waals surface area contributed by atoms with Crippen LogP contribution in [0.1, 0.15) is 59.3 Å². The molecule has 1 rings (SSSR count). The summed E-state index contributed by atoms with van der Waals surface area (Å²) in [5.41, 5.74) is 0.267. The highest BCUT2D eigenvalue weighted by Crippen LogP contribution is 2.29. The molecule has 0 aliphatic heterocycles. The number of hydrogen-bond donors (Lipinski definition) is 2. The van der Waals surface area contributed by atoms with E-state index in [4.69, 9.17) is 4.74 Å². The van der Waals surface area contributed by atoms with Gasteiger partial charge in [0.15, 0.2) is 0 Å². The number of ether oxygens (including phenoxy) is 1. The number of carbonyl (C=O) groups excluding carboxylic acids is 1. The Bertz CT molecular complexity index is 398. The molecule has 21 heavy (non-hydrogen) atoms. The zero-order chi connectivity index (χ0) is 16.0. The van der Waals surface area contributed by atoms with Crippen LogP contribution in [-0.4, -0.2) is 28.8 Å². The number of carboxylic acids is 1. The minimum Gasteiger partial charge on any atom is -0.480 e. The van der Waals surface area contributed by atoms with Crippen molar-refractivity contribution in [3.8, 4) is 0 Å². The lowest BCUT2D eigenvalue weighted by atomic mass is 9.82. The summed E-state index contributed by atoms with van der Waals surface area (Å²) in [6.07, 6.45) is 5.13. The molecule has 0 heterocycles. The fraction of sp³-hybridized carbons (Fsp3) is 0.750. The van der Waals surface area contributed by atoms with E-state index < -0.39 is 23.7 Å². The molecule has 0 spiro atoms. The second kappa shape index (κ2) is 7.48. The van der Waals surface area contributed by atoms with Crippen LogP contribution >= 0.6 is 0 Å². The molecular weight excluding hydrogens is 270 g/mol. The van der Waals surface area contributed by atoms with Gasteiger partial charge in [0, 0.05) is 5.92 Å². The smallest absolute Gasteiger partial charge is 0.408 e. The molecule has 0 aromatic heterocycles. The van der Waals surface area contributed by atoms with Crippen molar-refractivity contribution in [3.05, 3.63) is 12.2 Å². The highest BCUT2D eigenvalue weighted by Gasteiger charge is 2.33. The van der Waals surface area contributed by atoms with E-state index in [1.807, 2.05) is 0 Å². The maximum Gasteiger partial charge on any atom is 0.408 e. The van der Waals surface area contributed by atoms with Gasteiger partial charge in [-0.05, 0) is 40.0 Å². The molecule has 120 valence electrons. The third-order valence-electron chi connectivity index (χ3n) is 3.63. The van der Waals surface area contributed by atoms with Crippen molar-refractivity contribution in [3.63, 3.8) is 0 Å². The van der Waals surface area contributed by atoms with Gasteiger partial charge in [0.2, 0.25) is 0 Å². The van der Waals surface area contributed by atoms with Crippen LogP contribution in [0.5, 0.6) is 0 Å². The zero-order valence-corrected chi connectivity index (χ0v) is 13.3. The summed E-state index contributed by atoms with van der Waals surface area (Å²) in [6.45, 7) is 9.27. The first kappa shape index (κ1) is 17.5. The highest BCUT2D eigenvalue weighted by molar-refractivity contribution is 5.80. The number of amides is 1. The number of nitrogens with one attached hydrogen (secondary N) is 1. The highest BCUT2D eigenvalue weighted by atomic mass is 16.6. The molecule has 5 nitrogen and oxygen atoms in total. The number of carbonyl (C=O) groups is 2. The van der Waals surface area contributed by atoms with Gasteiger partial charge in [0.1, 0.15) is 11.6 Å². The quantitative estimate of drug-likeness (QED) is 0.782. The summed E-state index contributed by atoms with van der Waals surface area (Å²) in [4.78, 5) is 23.4. The third kappa shape index (κ3) is 6.19. The molecule has 1 amide bonds. The van der Waals surface area contributed by atoms with Crippen LogP contribution < -0.4 is 5.32 Å². The topological polar surface area (TPSA) is 75.6 Å². The van der Waals surface area contributed by atoms with Crippen LogP contribution in [0.3, 0.4) is 0 Å². The Hall–Kier alpha value is -1.52. The summed E-state index contributed by atoms with van der Waals surface area (Å²) >= 11 is 0. The van der Waals surface area contributed by atoms with Crippen molar-refractivity contribution >= 4 is 12.1 Å². The molecule has 0 aromatic rings. The van der Waals surface area contributed by atoms with Gasteiger partial charge in [0.05, 0.1) is 0 Å². The van der Waals surface area contributed by atoms with Gasteiger partial charge in [-0.15, -0.1) is 0 Å². The van der Waals surface area contributed by atoms with E-state index in [2.05, 4.69) is 11.9 Å². The molecule has 0 radical (unpaired) electrons. The second-order valence-corrected chi connectivity index (χ2v) is 6.68. The molecule has 1 fully saturated rings. The van der Waals surface area contributed by atoms with Crippen molar-refractivity contribution in [2.45, 2.75) is 70.9 Å². The van der Waals surface area contributed by atoms with Gasteiger partial charge < -0.3 is 15.2 Å². The van der Waals surface area contributed by atoms with Gasteiger partial charge in [-0.3, -0.25) is 0 Å². The Kier molecular flexibility index (Phi) is 6.24. The lowest BCUT2D eigenvalue weighted by Crippen LogP contribution is -2.48. The van der Waals surface area contributed by atoms with Gasteiger partial charge in [-0.1, -0.05) is 31.4 Å². The molecule has 5 heteroatoms. The minimum atomic E-state index is -1.03. The zero-order valence-electron chi connectivity index (χ0n) is 13.3. The Morgan fingerprint density at radius 3 is 2.48 bits per heavy atom. The first-order chi connectivity index (χ1) is 9.70. The van der Waals surface area contributed by atoms with E-state index in [-0.39, 0.29) is 5.92 Å². The lowest BCUT2D eigenvalue weighted by Gasteiger charge is -2.29. The molecule has 0 aromatic carbocycles. The summed E-state index contributed by atoms with van der Waals surface area (Å²) in [7, 11) is 0. The SMILES string of the molecule is C=C1CCCCCC[C@H]1[C@@H](NC(=O)OC(C)(C)C)C(=O)O. The normalized spacial score (nSPS) is 21.9. The molecule has 1 aliphatic rings. The Labute approximate surface area is 126 Å². The Morgan fingerprint density at radius 2 is 1.90 bits per heavy atom. The molecule has 0 bridgehead atoms. The van der Waals surface area contributed by atoms with E-state index in [0.29, 0.717) is 0 Å². The predicted molar refractivity (Wildman–Crippen MR) is 81.1 cm³/mol. The molecule has 2 atom stereocenters. The number of rotatable bonds is 3. The maximum absolute atomic E-state index is 11.9. The second-order valence-electron chi connectivity index (χ2n) is 6.68. The van der Waals surface area contributed by atoms with Crippen LogP contribution in [0.25, 0.3) is 0 Å². The largest absolute Gasteiger partial charge is 0.480 e. The van der Waals surface area contributed by atoms with Crippen molar-refractivity contribution in [1.29, 1.82) is 0 Å². The van der Waals surface area contributed by atoms with Crippen molar-refractivity contribution in [2.75, 3.05) is 0 Å². The van der Waals surface area contributed by atoms with Crippen molar-refractivity contribution in [1.82, 2.24) is 5.32 Å². The van der Waals surface area contributed by atoms with Crippen LogP contribution in [0.15, 0.2) is 12.2 Å². The molecule has 1 aliphatic carbocycles. The average molecular weight is 297 g/mol. The van der Waals surface area contributed by atoms with Crippen molar-refractivity contribution in [2.24, 2.45) is 5.92 Å². The van der Waals surface area contributed by atoms with Crippen molar-refractivity contribution < 1.29 is 19.4 Å². The third-order valence-corrected chi connectivity index (χ3v) is 3.63. The lowest BCUT2D eigenvalue weighted by molar-refractivity contribution is -0.140. The van der Waals surface area contributed by atoms with E-state index in [1.165, 1.54) is 0 Å². The summed E-state index contributed by atoms with van der Waals surface area (Å²) in [6, 6.07) is -0.967. The number of hydrogen-bond acceptors (Lipinski definition) is 3. The number of aliphatic carboxylic acids is 1. The minimum absolute atomic E-state index is 0.227. The Balaban J connectivity index is 2.77. The van der Waals surface area contributed by atoms with Gasteiger partial charge in [0.25, 0.3) is 0 Å². The fourth-order valence-corrected chi connectivity index (χ4v) is 2.63. The standard InChI is InChI=1S/C16H27NO4/c1-11-9-7-5-6-8-10-12(11)13(14(18)19)17-15(20)21-16(2,3)4/h12-13H,1,5-10H2,2-4H3,(H,17,20)(H,18,19)/t12-,13-/m1/s1. The summed E-state index contributed by atoms with van der Waals surface area (Å²) in [5.74, 6) is -1.26. The van der Waals surface area contributed by atoms with E-state index in [1.54, 1.807) is 20.8 Å². The number of carboxylic acid groups (broad SMARTS) is 1. The number of alkyl carbamates (subject to hydrolysis) is 1. The molecule has 0 unspecified atom stereocenters. The van der Waals surface area contributed by atoms with Crippen LogP contribution in [0.2, 0.25) is 0 Å². The Morgan fingerprint density at radius 1 is 1.29 bits per heavy atom. The molecule has 2 N–H and O–H groups in total. The van der Waals surface area contributed by atoms with E-state index >= 15 is 0 Å². The fourth-order valence-electron chi connectivity index (χ4n) is 2.63. The van der Waals surface area contributed by atoms with Gasteiger partial charge in [-0.25, -0.2) is 9.59 Å². The molecular formula is C16H27NO4. The van der Waals surface area contributed by atoms with Crippen LogP contribution in [0.4, 0.5) is 4.79 Å². The predicted octanol–water partition coefficient (Wildman–Crippen LogP) is 3.49. The average Bonchev–Trinajstić information content (AvgIpc) is 2.30. The van der Waals surface area contributed by atoms with Gasteiger partial charge >= 0.3 is 12.1 Å². The first-order valence-corrected chi connectivity index (χ1v) is 7.60. The van der Waals surface area contributed by atoms with Crippen LogP contribution in [-0.2, 0) is 9.53 Å². The summed E-state index contributed by atoms with van der Waals surface area (Å²) in [5, 5.41) is 11.9. The van der Waals surface area contributed by atoms with Gasteiger partial charge in [-0.2, -0.15) is 0 Å². The van der Waals surface area contributed by atoms with Crippen LogP contribution in [0, 0.1) is 5.92 Å². The maximum atomic E-state index is 11.9. The summed E-state index contributed by atoms with van der Waals surface area (Å²) < 4.78 is 5.16. The monoisotopic (exact) mass is 297 g/mol. The van der Waals surface area contributed by atoms with E-state index in [0.717, 1.165) is 44.1 Å². The first-order valence-electron chi connectivity index (χ1n) is 7.60.